The Labute approximate surface area is 147 Å². The summed E-state index contributed by atoms with van der Waals surface area (Å²) in [6.45, 7) is 4.34. The molecule has 0 saturated carbocycles. The molecule has 0 aliphatic carbocycles. The van der Waals surface area contributed by atoms with Gasteiger partial charge in [0, 0.05) is 37.4 Å². The van der Waals surface area contributed by atoms with Gasteiger partial charge in [0.05, 0.1) is 23.2 Å². The van der Waals surface area contributed by atoms with Crippen LogP contribution in [-0.2, 0) is 13.0 Å². The number of hydrogen-bond acceptors (Lipinski definition) is 4. The highest BCUT2D eigenvalue weighted by Gasteiger charge is 2.32. The Balaban J connectivity index is 1.44. The van der Waals surface area contributed by atoms with Crippen LogP contribution in [0.25, 0.3) is 5.69 Å². The number of aromatic amines is 1. The smallest absolute Gasteiger partial charge is 0.0711 e. The molecule has 25 heavy (non-hydrogen) atoms. The summed E-state index contributed by atoms with van der Waals surface area (Å²) in [6, 6.07) is 14.2. The van der Waals surface area contributed by atoms with E-state index in [9.17, 15) is 5.11 Å². The molecule has 3 aromatic rings. The van der Waals surface area contributed by atoms with Crippen LogP contribution in [0.2, 0.25) is 0 Å². The fourth-order valence-electron chi connectivity index (χ4n) is 3.60. The van der Waals surface area contributed by atoms with Crippen molar-refractivity contribution in [3.63, 3.8) is 0 Å². The molecular weight excluding hydrogens is 314 g/mol. The summed E-state index contributed by atoms with van der Waals surface area (Å²) in [5.74, 6) is 0.218. The van der Waals surface area contributed by atoms with E-state index in [1.807, 2.05) is 42.1 Å². The van der Waals surface area contributed by atoms with Gasteiger partial charge in [0.1, 0.15) is 0 Å². The lowest BCUT2D eigenvalue weighted by atomic mass is 10.0. The van der Waals surface area contributed by atoms with Crippen molar-refractivity contribution in [2.45, 2.75) is 26.0 Å². The van der Waals surface area contributed by atoms with E-state index in [4.69, 9.17) is 0 Å². The first-order valence-corrected chi connectivity index (χ1v) is 8.68. The first-order valence-electron chi connectivity index (χ1n) is 8.68. The Morgan fingerprint density at radius 1 is 1.20 bits per heavy atom. The van der Waals surface area contributed by atoms with Crippen molar-refractivity contribution in [1.29, 1.82) is 0 Å². The second-order valence-electron chi connectivity index (χ2n) is 6.84. The molecule has 1 aliphatic rings. The SMILES string of the molecule is Cc1cc(C[C@@H]2CN(Cc3ccnn3-c3ccccc3)C[C@H]2O)n[nH]1. The van der Waals surface area contributed by atoms with Crippen molar-refractivity contribution >= 4 is 0 Å². The molecule has 0 unspecified atom stereocenters. The van der Waals surface area contributed by atoms with Crippen molar-refractivity contribution < 1.29 is 5.11 Å². The molecule has 2 aromatic heterocycles. The van der Waals surface area contributed by atoms with Gasteiger partial charge in [0.25, 0.3) is 0 Å². The van der Waals surface area contributed by atoms with Crippen molar-refractivity contribution in [1.82, 2.24) is 24.9 Å². The number of likely N-dealkylation sites (tertiary alicyclic amines) is 1. The minimum Gasteiger partial charge on any atom is -0.391 e. The van der Waals surface area contributed by atoms with E-state index in [0.29, 0.717) is 6.54 Å². The van der Waals surface area contributed by atoms with Crippen LogP contribution in [0.5, 0.6) is 0 Å². The van der Waals surface area contributed by atoms with E-state index < -0.39 is 0 Å². The number of aliphatic hydroxyl groups is 1. The second-order valence-corrected chi connectivity index (χ2v) is 6.84. The third-order valence-electron chi connectivity index (χ3n) is 4.82. The van der Waals surface area contributed by atoms with E-state index in [1.165, 1.54) is 0 Å². The third kappa shape index (κ3) is 3.50. The van der Waals surface area contributed by atoms with Crippen molar-refractivity contribution in [3.05, 3.63) is 65.7 Å². The molecule has 3 heterocycles. The molecule has 2 atom stereocenters. The number of rotatable bonds is 5. The standard InChI is InChI=1S/C19H23N5O/c1-14-9-16(22-21-14)10-15-11-23(13-19(15)25)12-18-7-8-20-24(18)17-5-3-2-4-6-17/h2-9,15,19,25H,10-13H2,1H3,(H,21,22)/t15-,19-/m1/s1. The lowest BCUT2D eigenvalue weighted by Gasteiger charge is -2.16. The van der Waals surface area contributed by atoms with Gasteiger partial charge < -0.3 is 5.11 Å². The number of hydrogen-bond donors (Lipinski definition) is 2. The topological polar surface area (TPSA) is 70.0 Å². The molecular formula is C19H23N5O. The molecule has 0 amide bonds. The average molecular weight is 337 g/mol. The number of para-hydroxylation sites is 1. The van der Waals surface area contributed by atoms with Crippen molar-refractivity contribution in [3.8, 4) is 5.69 Å². The molecule has 6 nitrogen and oxygen atoms in total. The van der Waals surface area contributed by atoms with E-state index in [1.54, 1.807) is 0 Å². The Morgan fingerprint density at radius 2 is 2.04 bits per heavy atom. The minimum atomic E-state index is -0.315. The summed E-state index contributed by atoms with van der Waals surface area (Å²) in [6.07, 6.45) is 2.32. The molecule has 1 aromatic carbocycles. The van der Waals surface area contributed by atoms with Gasteiger partial charge in [-0.3, -0.25) is 10.00 Å². The number of nitrogens with one attached hydrogen (secondary N) is 1. The Hall–Kier alpha value is -2.44. The van der Waals surface area contributed by atoms with Gasteiger partial charge in [-0.1, -0.05) is 18.2 Å². The maximum absolute atomic E-state index is 10.4. The minimum absolute atomic E-state index is 0.218. The Kier molecular flexibility index (Phi) is 4.38. The van der Waals surface area contributed by atoms with Gasteiger partial charge in [-0.25, -0.2) is 4.68 Å². The van der Waals surface area contributed by atoms with Gasteiger partial charge in [-0.2, -0.15) is 10.2 Å². The fourth-order valence-corrected chi connectivity index (χ4v) is 3.60. The molecule has 130 valence electrons. The van der Waals surface area contributed by atoms with Crippen molar-refractivity contribution in [2.75, 3.05) is 13.1 Å². The zero-order valence-electron chi connectivity index (χ0n) is 14.3. The first-order chi connectivity index (χ1) is 12.2. The molecule has 6 heteroatoms. The lowest BCUT2D eigenvalue weighted by molar-refractivity contribution is 0.140. The highest BCUT2D eigenvalue weighted by Crippen LogP contribution is 2.23. The van der Waals surface area contributed by atoms with E-state index in [2.05, 4.69) is 38.4 Å². The molecule has 0 bridgehead atoms. The Bertz CT molecular complexity index is 825. The third-order valence-corrected chi connectivity index (χ3v) is 4.82. The van der Waals surface area contributed by atoms with Crippen LogP contribution in [-0.4, -0.2) is 49.2 Å². The van der Waals surface area contributed by atoms with Crippen LogP contribution in [0.15, 0.2) is 48.7 Å². The van der Waals surface area contributed by atoms with E-state index in [0.717, 1.165) is 42.3 Å². The molecule has 1 fully saturated rings. The number of nitrogens with zero attached hydrogens (tertiary/aromatic N) is 4. The Morgan fingerprint density at radius 3 is 2.80 bits per heavy atom. The fraction of sp³-hybridized carbons (Fsp3) is 0.368. The largest absolute Gasteiger partial charge is 0.391 e. The number of aliphatic hydroxyl groups excluding tert-OH is 1. The van der Waals surface area contributed by atoms with Crippen LogP contribution in [0.1, 0.15) is 17.1 Å². The summed E-state index contributed by atoms with van der Waals surface area (Å²) >= 11 is 0. The maximum atomic E-state index is 10.4. The molecule has 0 radical (unpaired) electrons. The summed E-state index contributed by atoms with van der Waals surface area (Å²) < 4.78 is 1.97. The van der Waals surface area contributed by atoms with Gasteiger partial charge in [-0.15, -0.1) is 0 Å². The summed E-state index contributed by atoms with van der Waals surface area (Å²) in [7, 11) is 0. The van der Waals surface area contributed by atoms with Crippen molar-refractivity contribution in [2.24, 2.45) is 5.92 Å². The predicted octanol–water partition coefficient (Wildman–Crippen LogP) is 1.94. The normalized spacial score (nSPS) is 21.0. The monoisotopic (exact) mass is 337 g/mol. The summed E-state index contributed by atoms with van der Waals surface area (Å²) in [5.41, 5.74) is 4.28. The van der Waals surface area contributed by atoms with E-state index >= 15 is 0 Å². The number of β-amino-alcohol motifs (C(OH)–C–C–N with tert-alkyl or cyclic N) is 1. The van der Waals surface area contributed by atoms with Crippen LogP contribution in [0.3, 0.4) is 0 Å². The van der Waals surface area contributed by atoms with E-state index in [-0.39, 0.29) is 12.0 Å². The maximum Gasteiger partial charge on any atom is 0.0711 e. The number of aromatic nitrogens is 4. The van der Waals surface area contributed by atoms with Gasteiger partial charge in [0.2, 0.25) is 0 Å². The number of H-pyrrole nitrogens is 1. The zero-order valence-corrected chi connectivity index (χ0v) is 14.3. The second kappa shape index (κ2) is 6.82. The zero-order chi connectivity index (χ0) is 17.2. The summed E-state index contributed by atoms with van der Waals surface area (Å²) in [4.78, 5) is 2.30. The quantitative estimate of drug-likeness (QED) is 0.746. The van der Waals surface area contributed by atoms with Gasteiger partial charge >= 0.3 is 0 Å². The van der Waals surface area contributed by atoms with Crippen LogP contribution in [0.4, 0.5) is 0 Å². The predicted molar refractivity (Wildman–Crippen MR) is 95.4 cm³/mol. The molecule has 0 spiro atoms. The lowest BCUT2D eigenvalue weighted by Crippen LogP contribution is -2.23. The number of aryl methyl sites for hydroxylation is 1. The van der Waals surface area contributed by atoms with Crippen LogP contribution >= 0.6 is 0 Å². The number of benzene rings is 1. The summed E-state index contributed by atoms with van der Waals surface area (Å²) in [5, 5.41) is 22.2. The molecule has 2 N–H and O–H groups in total. The van der Waals surface area contributed by atoms with Gasteiger partial charge in [0.15, 0.2) is 0 Å². The average Bonchev–Trinajstić information content (AvgIpc) is 3.31. The molecule has 1 saturated heterocycles. The van der Waals surface area contributed by atoms with Crippen LogP contribution < -0.4 is 0 Å². The first kappa shape index (κ1) is 16.1. The molecule has 1 aliphatic heterocycles. The van der Waals surface area contributed by atoms with Gasteiger partial charge in [-0.05, 0) is 37.6 Å². The highest BCUT2D eigenvalue weighted by atomic mass is 16.3. The molecule has 4 rings (SSSR count). The highest BCUT2D eigenvalue weighted by molar-refractivity contribution is 5.32. The van der Waals surface area contributed by atoms with Crippen LogP contribution in [0, 0.1) is 12.8 Å².